The molecule has 1 heterocycles. The molecule has 0 saturated carbocycles. The predicted octanol–water partition coefficient (Wildman–Crippen LogP) is 3.67. The van der Waals surface area contributed by atoms with Crippen molar-refractivity contribution in [3.8, 4) is 0 Å². The van der Waals surface area contributed by atoms with Crippen molar-refractivity contribution >= 4 is 22.9 Å². The standard InChI is InChI=1S/C22H23N3O/c1-25(2)16-20(17-8-4-3-5-9-17)24-21(26)14-13-19-11-6-10-18-12-7-15-23-22(18)19/h3-15,20H,16H2,1-2H3,(H,24,26). The minimum absolute atomic E-state index is 0.0611. The first kappa shape index (κ1) is 17.8. The van der Waals surface area contributed by atoms with Crippen molar-refractivity contribution in [1.29, 1.82) is 0 Å². The van der Waals surface area contributed by atoms with Gasteiger partial charge < -0.3 is 10.2 Å². The first-order chi connectivity index (χ1) is 12.6. The van der Waals surface area contributed by atoms with E-state index in [0.29, 0.717) is 0 Å². The highest BCUT2D eigenvalue weighted by Crippen LogP contribution is 2.17. The lowest BCUT2D eigenvalue weighted by Crippen LogP contribution is -2.34. The van der Waals surface area contributed by atoms with E-state index in [1.807, 2.05) is 80.8 Å². The number of nitrogens with one attached hydrogen (secondary N) is 1. The lowest BCUT2D eigenvalue weighted by atomic mass is 10.1. The number of nitrogens with zero attached hydrogens (tertiary/aromatic N) is 2. The van der Waals surface area contributed by atoms with Crippen molar-refractivity contribution < 1.29 is 4.79 Å². The number of carbonyl (C=O) groups excluding carboxylic acids is 1. The third-order valence-corrected chi connectivity index (χ3v) is 4.14. The van der Waals surface area contributed by atoms with E-state index in [-0.39, 0.29) is 11.9 Å². The molecule has 1 unspecified atom stereocenters. The molecule has 0 aliphatic heterocycles. The van der Waals surface area contributed by atoms with Gasteiger partial charge in [-0.25, -0.2) is 0 Å². The third-order valence-electron chi connectivity index (χ3n) is 4.14. The zero-order chi connectivity index (χ0) is 18.4. The molecule has 1 amide bonds. The Labute approximate surface area is 154 Å². The number of hydrogen-bond acceptors (Lipinski definition) is 3. The average Bonchev–Trinajstić information content (AvgIpc) is 2.66. The number of pyridine rings is 1. The zero-order valence-corrected chi connectivity index (χ0v) is 15.1. The summed E-state index contributed by atoms with van der Waals surface area (Å²) in [5.41, 5.74) is 2.92. The number of rotatable bonds is 6. The summed E-state index contributed by atoms with van der Waals surface area (Å²) in [5, 5.41) is 4.16. The number of carbonyl (C=O) groups is 1. The lowest BCUT2D eigenvalue weighted by molar-refractivity contribution is -0.117. The number of benzene rings is 2. The van der Waals surface area contributed by atoms with Crippen molar-refractivity contribution in [2.45, 2.75) is 6.04 Å². The van der Waals surface area contributed by atoms with E-state index in [9.17, 15) is 4.79 Å². The van der Waals surface area contributed by atoms with Crippen molar-refractivity contribution in [3.05, 3.63) is 84.1 Å². The van der Waals surface area contributed by atoms with Crippen LogP contribution in [-0.4, -0.2) is 36.4 Å². The van der Waals surface area contributed by atoms with Gasteiger partial charge in [0, 0.05) is 29.8 Å². The molecular formula is C22H23N3O. The van der Waals surface area contributed by atoms with Crippen molar-refractivity contribution in [1.82, 2.24) is 15.2 Å². The fourth-order valence-electron chi connectivity index (χ4n) is 2.93. The highest BCUT2D eigenvalue weighted by atomic mass is 16.1. The third kappa shape index (κ3) is 4.55. The molecule has 0 radical (unpaired) electrons. The second-order valence-electron chi connectivity index (χ2n) is 6.49. The molecule has 4 heteroatoms. The summed E-state index contributed by atoms with van der Waals surface area (Å²) in [6.07, 6.45) is 5.17. The van der Waals surface area contributed by atoms with Crippen LogP contribution in [0.4, 0.5) is 0 Å². The molecule has 1 atom stereocenters. The molecule has 132 valence electrons. The Morgan fingerprint density at radius 2 is 1.85 bits per heavy atom. The second kappa shape index (κ2) is 8.41. The van der Waals surface area contributed by atoms with Crippen LogP contribution < -0.4 is 5.32 Å². The number of hydrogen-bond donors (Lipinski definition) is 1. The van der Waals surface area contributed by atoms with Gasteiger partial charge in [0.05, 0.1) is 11.6 Å². The summed E-state index contributed by atoms with van der Waals surface area (Å²) in [6.45, 7) is 0.736. The monoisotopic (exact) mass is 345 g/mol. The van der Waals surface area contributed by atoms with Crippen LogP contribution in [0.25, 0.3) is 17.0 Å². The van der Waals surface area contributed by atoms with Crippen molar-refractivity contribution in [2.24, 2.45) is 0 Å². The topological polar surface area (TPSA) is 45.2 Å². The minimum atomic E-state index is -0.117. The highest BCUT2D eigenvalue weighted by Gasteiger charge is 2.14. The molecule has 0 saturated heterocycles. The average molecular weight is 345 g/mol. The van der Waals surface area contributed by atoms with E-state index in [1.54, 1.807) is 12.3 Å². The summed E-state index contributed by atoms with van der Waals surface area (Å²) in [7, 11) is 4.00. The normalized spacial score (nSPS) is 12.6. The van der Waals surface area contributed by atoms with Gasteiger partial charge in [-0.1, -0.05) is 54.6 Å². The SMILES string of the molecule is CN(C)CC(NC(=O)C=Cc1cccc2cccnc12)c1ccccc1. The van der Waals surface area contributed by atoms with Gasteiger partial charge in [0.2, 0.25) is 5.91 Å². The van der Waals surface area contributed by atoms with Gasteiger partial charge in [-0.3, -0.25) is 9.78 Å². The molecule has 0 aliphatic carbocycles. The Morgan fingerprint density at radius 3 is 2.62 bits per heavy atom. The van der Waals surface area contributed by atoms with E-state index >= 15 is 0 Å². The van der Waals surface area contributed by atoms with Crippen LogP contribution in [0.3, 0.4) is 0 Å². The van der Waals surface area contributed by atoms with Crippen LogP contribution in [0, 0.1) is 0 Å². The van der Waals surface area contributed by atoms with Gasteiger partial charge in [0.15, 0.2) is 0 Å². The predicted molar refractivity (Wildman–Crippen MR) is 107 cm³/mol. The van der Waals surface area contributed by atoms with E-state index in [0.717, 1.165) is 28.6 Å². The lowest BCUT2D eigenvalue weighted by Gasteiger charge is -2.22. The molecule has 1 aromatic heterocycles. The van der Waals surface area contributed by atoms with Crippen LogP contribution in [0.5, 0.6) is 0 Å². The quantitative estimate of drug-likeness (QED) is 0.694. The second-order valence-corrected chi connectivity index (χ2v) is 6.49. The minimum Gasteiger partial charge on any atom is -0.344 e. The largest absolute Gasteiger partial charge is 0.344 e. The Hall–Kier alpha value is -2.98. The molecule has 3 aromatic rings. The van der Waals surface area contributed by atoms with Crippen LogP contribution >= 0.6 is 0 Å². The Morgan fingerprint density at radius 1 is 1.08 bits per heavy atom. The molecule has 4 nitrogen and oxygen atoms in total. The number of amides is 1. The Balaban J connectivity index is 1.76. The number of para-hydroxylation sites is 1. The molecule has 2 aromatic carbocycles. The van der Waals surface area contributed by atoms with Gasteiger partial charge >= 0.3 is 0 Å². The molecule has 0 aliphatic rings. The number of likely N-dealkylation sites (N-methyl/N-ethyl adjacent to an activating group) is 1. The summed E-state index contributed by atoms with van der Waals surface area (Å²) in [5.74, 6) is -0.117. The fraction of sp³-hybridized carbons (Fsp3) is 0.182. The molecule has 1 N–H and O–H groups in total. The maximum Gasteiger partial charge on any atom is 0.244 e. The van der Waals surface area contributed by atoms with Gasteiger partial charge in [0.1, 0.15) is 0 Å². The van der Waals surface area contributed by atoms with Gasteiger partial charge in [-0.2, -0.15) is 0 Å². The first-order valence-electron chi connectivity index (χ1n) is 8.65. The van der Waals surface area contributed by atoms with Gasteiger partial charge in [-0.15, -0.1) is 0 Å². The summed E-state index contributed by atoms with van der Waals surface area (Å²) < 4.78 is 0. The van der Waals surface area contributed by atoms with Crippen molar-refractivity contribution in [3.63, 3.8) is 0 Å². The zero-order valence-electron chi connectivity index (χ0n) is 15.1. The van der Waals surface area contributed by atoms with Crippen LogP contribution in [0.2, 0.25) is 0 Å². The first-order valence-corrected chi connectivity index (χ1v) is 8.65. The van der Waals surface area contributed by atoms with E-state index < -0.39 is 0 Å². The number of fused-ring (bicyclic) bond motifs is 1. The fourth-order valence-corrected chi connectivity index (χ4v) is 2.93. The Bertz CT molecular complexity index is 898. The maximum absolute atomic E-state index is 12.5. The Kier molecular flexibility index (Phi) is 5.77. The van der Waals surface area contributed by atoms with E-state index in [2.05, 4.69) is 15.2 Å². The number of aromatic nitrogens is 1. The van der Waals surface area contributed by atoms with Crippen LogP contribution in [0.15, 0.2) is 72.9 Å². The van der Waals surface area contributed by atoms with E-state index in [1.165, 1.54) is 0 Å². The molecule has 26 heavy (non-hydrogen) atoms. The van der Waals surface area contributed by atoms with Gasteiger partial charge in [0.25, 0.3) is 0 Å². The summed E-state index contributed by atoms with van der Waals surface area (Å²) in [6, 6.07) is 19.8. The van der Waals surface area contributed by atoms with Gasteiger partial charge in [-0.05, 0) is 31.8 Å². The molecule has 0 bridgehead atoms. The molecule has 0 fully saturated rings. The van der Waals surface area contributed by atoms with Crippen LogP contribution in [-0.2, 0) is 4.79 Å². The van der Waals surface area contributed by atoms with E-state index in [4.69, 9.17) is 0 Å². The summed E-state index contributed by atoms with van der Waals surface area (Å²) in [4.78, 5) is 19.0. The highest BCUT2D eigenvalue weighted by molar-refractivity contribution is 5.95. The molecule has 0 spiro atoms. The smallest absolute Gasteiger partial charge is 0.244 e. The summed E-state index contributed by atoms with van der Waals surface area (Å²) >= 11 is 0. The van der Waals surface area contributed by atoms with Crippen molar-refractivity contribution in [2.75, 3.05) is 20.6 Å². The molecular weight excluding hydrogens is 322 g/mol. The maximum atomic E-state index is 12.5. The molecule has 3 rings (SSSR count). The van der Waals surface area contributed by atoms with Crippen LogP contribution in [0.1, 0.15) is 17.2 Å².